The molecule has 0 bridgehead atoms. The van der Waals surface area contributed by atoms with E-state index in [1.165, 1.54) is 0 Å². The van der Waals surface area contributed by atoms with Gasteiger partial charge in [0.1, 0.15) is 24.4 Å². The van der Waals surface area contributed by atoms with Crippen LogP contribution in [0.3, 0.4) is 0 Å². The summed E-state index contributed by atoms with van der Waals surface area (Å²) in [6.45, 7) is 3.57. The summed E-state index contributed by atoms with van der Waals surface area (Å²) < 4.78 is 22.5. The van der Waals surface area contributed by atoms with Crippen molar-refractivity contribution in [1.82, 2.24) is 0 Å². The second-order valence-corrected chi connectivity index (χ2v) is 7.57. The van der Waals surface area contributed by atoms with Crippen molar-refractivity contribution in [2.24, 2.45) is 0 Å². The van der Waals surface area contributed by atoms with Crippen LogP contribution in [0.5, 0.6) is 0 Å². The second-order valence-electron chi connectivity index (χ2n) is 7.57. The van der Waals surface area contributed by atoms with Crippen LogP contribution in [0.1, 0.15) is 24.0 Å². The van der Waals surface area contributed by atoms with Gasteiger partial charge in [-0.3, -0.25) is 0 Å². The van der Waals surface area contributed by atoms with Crippen LogP contribution >= 0.6 is 0 Å². The van der Waals surface area contributed by atoms with Crippen molar-refractivity contribution < 1.29 is 44.5 Å². The maximum absolute atomic E-state index is 10.2. The standard InChI is InChI=1S/C21H30O9/c1-2-12-3-5-13(6-4-12)10-27-11-17-21(26)15(24)8-19(29-17)30-18-7-14(23)20(25)16(9-22)28-18/h2-6,14-26H,1,7-11H2/t14-,15-,16?,17-,18-,19-,20+,21+/m1/s1. The van der Waals surface area contributed by atoms with Gasteiger partial charge in [-0.1, -0.05) is 36.9 Å². The minimum Gasteiger partial charge on any atom is -0.394 e. The van der Waals surface area contributed by atoms with Gasteiger partial charge in [0, 0.05) is 12.8 Å². The van der Waals surface area contributed by atoms with Gasteiger partial charge in [-0.15, -0.1) is 0 Å². The van der Waals surface area contributed by atoms with Crippen LogP contribution in [0.4, 0.5) is 0 Å². The fraction of sp³-hybridized carbons (Fsp3) is 0.619. The van der Waals surface area contributed by atoms with E-state index in [1.807, 2.05) is 24.3 Å². The summed E-state index contributed by atoms with van der Waals surface area (Å²) in [7, 11) is 0. The molecule has 0 radical (unpaired) electrons. The van der Waals surface area contributed by atoms with Crippen LogP contribution in [-0.2, 0) is 25.6 Å². The lowest BCUT2D eigenvalue weighted by Gasteiger charge is -2.41. The van der Waals surface area contributed by atoms with Crippen LogP contribution in [0.2, 0.25) is 0 Å². The first-order valence-corrected chi connectivity index (χ1v) is 10.00. The molecule has 168 valence electrons. The molecular weight excluding hydrogens is 396 g/mol. The van der Waals surface area contributed by atoms with Crippen molar-refractivity contribution in [1.29, 1.82) is 0 Å². The van der Waals surface area contributed by atoms with E-state index >= 15 is 0 Å². The predicted molar refractivity (Wildman–Crippen MR) is 105 cm³/mol. The van der Waals surface area contributed by atoms with Crippen molar-refractivity contribution >= 4 is 6.08 Å². The molecule has 0 amide bonds. The minimum atomic E-state index is -1.21. The molecule has 2 aliphatic rings. The van der Waals surface area contributed by atoms with Crippen LogP contribution in [0.25, 0.3) is 6.08 Å². The Morgan fingerprint density at radius 1 is 0.933 bits per heavy atom. The molecule has 0 spiro atoms. The number of aliphatic hydroxyl groups excluding tert-OH is 5. The molecule has 1 aromatic rings. The SMILES string of the molecule is C=Cc1ccc(COC[C@H]2O[C@H](O[C@@H]3C[C@@H](O)[C@H](O)C(CO)O3)C[C@@H](O)[C@@H]2O)cc1. The van der Waals surface area contributed by atoms with Crippen molar-refractivity contribution in [3.8, 4) is 0 Å². The van der Waals surface area contributed by atoms with Gasteiger partial charge in [0.2, 0.25) is 0 Å². The molecule has 3 rings (SSSR count). The second kappa shape index (κ2) is 10.8. The molecule has 0 aliphatic carbocycles. The lowest BCUT2D eigenvalue weighted by Crippen LogP contribution is -2.54. The number of rotatable bonds is 8. The fourth-order valence-corrected chi connectivity index (χ4v) is 3.51. The number of ether oxygens (including phenoxy) is 4. The van der Waals surface area contributed by atoms with Gasteiger partial charge >= 0.3 is 0 Å². The lowest BCUT2D eigenvalue weighted by molar-refractivity contribution is -0.334. The smallest absolute Gasteiger partial charge is 0.163 e. The van der Waals surface area contributed by atoms with E-state index < -0.39 is 55.8 Å². The highest BCUT2D eigenvalue weighted by atomic mass is 16.8. The highest BCUT2D eigenvalue weighted by Crippen LogP contribution is 2.27. The predicted octanol–water partition coefficient (Wildman–Crippen LogP) is -0.471. The Morgan fingerprint density at radius 2 is 1.50 bits per heavy atom. The van der Waals surface area contributed by atoms with E-state index in [4.69, 9.17) is 18.9 Å². The normalized spacial score (nSPS) is 37.1. The molecule has 2 saturated heterocycles. The minimum absolute atomic E-state index is 0.00296. The van der Waals surface area contributed by atoms with E-state index in [2.05, 4.69) is 6.58 Å². The number of hydrogen-bond acceptors (Lipinski definition) is 9. The molecule has 30 heavy (non-hydrogen) atoms. The molecule has 8 atom stereocenters. The summed E-state index contributed by atoms with van der Waals surface area (Å²) in [5.41, 5.74) is 1.94. The van der Waals surface area contributed by atoms with Crippen molar-refractivity contribution in [3.63, 3.8) is 0 Å². The summed E-state index contributed by atoms with van der Waals surface area (Å²) in [5, 5.41) is 49.3. The average Bonchev–Trinajstić information content (AvgIpc) is 2.74. The van der Waals surface area contributed by atoms with Crippen LogP contribution in [-0.4, -0.2) is 88.0 Å². The van der Waals surface area contributed by atoms with E-state index in [9.17, 15) is 25.5 Å². The Bertz CT molecular complexity index is 667. The number of hydrogen-bond donors (Lipinski definition) is 5. The Balaban J connectivity index is 1.51. The Morgan fingerprint density at radius 3 is 2.07 bits per heavy atom. The molecule has 2 aliphatic heterocycles. The summed E-state index contributed by atoms with van der Waals surface area (Å²) in [4.78, 5) is 0. The van der Waals surface area contributed by atoms with Crippen LogP contribution < -0.4 is 0 Å². The number of aliphatic hydroxyl groups is 5. The highest BCUT2D eigenvalue weighted by molar-refractivity contribution is 5.47. The molecular formula is C21H30O9. The van der Waals surface area contributed by atoms with Gasteiger partial charge in [0.05, 0.1) is 32.0 Å². The third kappa shape index (κ3) is 5.85. The lowest BCUT2D eigenvalue weighted by atomic mass is 10.0. The van der Waals surface area contributed by atoms with E-state index in [0.717, 1.165) is 11.1 Å². The summed E-state index contributed by atoms with van der Waals surface area (Å²) in [6.07, 6.45) is -6.47. The Labute approximate surface area is 175 Å². The maximum atomic E-state index is 10.2. The maximum Gasteiger partial charge on any atom is 0.163 e. The molecule has 2 fully saturated rings. The topological polar surface area (TPSA) is 138 Å². The van der Waals surface area contributed by atoms with Gasteiger partial charge in [0.25, 0.3) is 0 Å². The van der Waals surface area contributed by atoms with Gasteiger partial charge in [-0.2, -0.15) is 0 Å². The van der Waals surface area contributed by atoms with Gasteiger partial charge in [0.15, 0.2) is 12.6 Å². The van der Waals surface area contributed by atoms with Crippen LogP contribution in [0.15, 0.2) is 30.8 Å². The highest BCUT2D eigenvalue weighted by Gasteiger charge is 2.42. The molecule has 5 N–H and O–H groups in total. The first-order valence-electron chi connectivity index (χ1n) is 10.00. The monoisotopic (exact) mass is 426 g/mol. The first kappa shape index (κ1) is 23.3. The van der Waals surface area contributed by atoms with Gasteiger partial charge in [-0.25, -0.2) is 0 Å². The van der Waals surface area contributed by atoms with Crippen molar-refractivity contribution in [3.05, 3.63) is 42.0 Å². The third-order valence-corrected chi connectivity index (χ3v) is 5.32. The molecule has 9 heteroatoms. The quantitative estimate of drug-likeness (QED) is 0.373. The van der Waals surface area contributed by atoms with Gasteiger partial charge in [-0.05, 0) is 11.1 Å². The van der Waals surface area contributed by atoms with Crippen molar-refractivity contribution in [2.75, 3.05) is 13.2 Å². The molecule has 1 aromatic carbocycles. The van der Waals surface area contributed by atoms with Crippen LogP contribution in [0, 0.1) is 0 Å². The third-order valence-electron chi connectivity index (χ3n) is 5.32. The molecule has 0 aromatic heterocycles. The first-order chi connectivity index (χ1) is 14.4. The summed E-state index contributed by atoms with van der Waals surface area (Å²) in [6, 6.07) is 7.65. The van der Waals surface area contributed by atoms with E-state index in [-0.39, 0.29) is 19.4 Å². The Hall–Kier alpha value is -1.40. The van der Waals surface area contributed by atoms with Crippen molar-refractivity contribution in [2.45, 2.75) is 68.7 Å². The number of benzene rings is 1. The average molecular weight is 426 g/mol. The summed E-state index contributed by atoms with van der Waals surface area (Å²) in [5.74, 6) is 0. The molecule has 2 heterocycles. The largest absolute Gasteiger partial charge is 0.394 e. The molecule has 0 saturated carbocycles. The summed E-state index contributed by atoms with van der Waals surface area (Å²) >= 11 is 0. The zero-order valence-corrected chi connectivity index (χ0v) is 16.6. The molecule has 9 nitrogen and oxygen atoms in total. The Kier molecular flexibility index (Phi) is 8.35. The fourth-order valence-electron chi connectivity index (χ4n) is 3.51. The van der Waals surface area contributed by atoms with E-state index in [0.29, 0.717) is 6.61 Å². The van der Waals surface area contributed by atoms with E-state index in [1.54, 1.807) is 6.08 Å². The zero-order chi connectivity index (χ0) is 21.7. The van der Waals surface area contributed by atoms with Gasteiger partial charge < -0.3 is 44.5 Å². The zero-order valence-electron chi connectivity index (χ0n) is 16.6. The molecule has 1 unspecified atom stereocenters.